The van der Waals surface area contributed by atoms with Crippen molar-refractivity contribution >= 4 is 18.0 Å². The van der Waals surface area contributed by atoms with Crippen molar-refractivity contribution < 1.29 is 14.3 Å². The van der Waals surface area contributed by atoms with Crippen molar-refractivity contribution in [1.82, 2.24) is 0 Å². The maximum absolute atomic E-state index is 11.2. The van der Waals surface area contributed by atoms with Gasteiger partial charge in [0.15, 0.2) is 0 Å². The first-order chi connectivity index (χ1) is 7.22. The maximum Gasteiger partial charge on any atom is 0.346 e. The number of ether oxygens (including phenoxy) is 1. The van der Waals surface area contributed by atoms with Crippen LogP contribution in [0, 0.1) is 11.3 Å². The van der Waals surface area contributed by atoms with Gasteiger partial charge in [-0.1, -0.05) is 6.07 Å². The molecule has 0 unspecified atom stereocenters. The van der Waals surface area contributed by atoms with E-state index < -0.39 is 11.9 Å². The maximum atomic E-state index is 11.2. The lowest BCUT2D eigenvalue weighted by molar-refractivity contribution is 0.0444. The van der Waals surface area contributed by atoms with E-state index in [0.29, 0.717) is 5.56 Å². The van der Waals surface area contributed by atoms with Gasteiger partial charge in [-0.05, 0) is 23.8 Å². The number of fused-ring (bicyclic) bond motifs is 1. The van der Waals surface area contributed by atoms with Crippen molar-refractivity contribution in [3.05, 3.63) is 41.0 Å². The van der Waals surface area contributed by atoms with Gasteiger partial charge in [-0.2, -0.15) is 5.26 Å². The zero-order valence-electron chi connectivity index (χ0n) is 7.56. The Kier molecular flexibility index (Phi) is 2.07. The third kappa shape index (κ3) is 1.51. The molecular formula is C11H5NO3. The molecule has 0 spiro atoms. The number of nitrogens with zero attached hydrogens (tertiary/aromatic N) is 1. The average Bonchev–Trinajstić information content (AvgIpc) is 2.52. The number of nitriles is 1. The third-order valence-electron chi connectivity index (χ3n) is 2.02. The number of carbonyl (C=O) groups is 2. The van der Waals surface area contributed by atoms with Crippen molar-refractivity contribution in [2.24, 2.45) is 0 Å². The Hall–Kier alpha value is -2.41. The highest BCUT2D eigenvalue weighted by Gasteiger charge is 2.29. The third-order valence-corrected chi connectivity index (χ3v) is 2.02. The van der Waals surface area contributed by atoms with Crippen LogP contribution in [0.2, 0.25) is 0 Å². The minimum atomic E-state index is -0.637. The number of allylic oxidation sites excluding steroid dienone is 1. The topological polar surface area (TPSA) is 67.2 Å². The Balaban J connectivity index is 2.48. The number of cyclic esters (lactones) is 2. The highest BCUT2D eigenvalue weighted by Crippen LogP contribution is 2.21. The van der Waals surface area contributed by atoms with E-state index in [1.807, 2.05) is 6.07 Å². The average molecular weight is 199 g/mol. The van der Waals surface area contributed by atoms with Crippen molar-refractivity contribution in [3.63, 3.8) is 0 Å². The molecule has 4 heteroatoms. The van der Waals surface area contributed by atoms with Gasteiger partial charge in [-0.25, -0.2) is 9.59 Å². The number of carbonyl (C=O) groups excluding carboxylic acids is 2. The number of hydrogen-bond acceptors (Lipinski definition) is 4. The standard InChI is InChI=1S/C11H5NO3/c12-5-1-2-7-3-4-8-9(6-7)11(14)15-10(8)13/h1-4,6H. The SMILES string of the molecule is N#CC=Cc1ccc2c(c1)C(=O)OC2=O. The molecule has 0 N–H and O–H groups in total. The van der Waals surface area contributed by atoms with Crippen LogP contribution in [0.15, 0.2) is 24.3 Å². The molecule has 0 aromatic heterocycles. The van der Waals surface area contributed by atoms with Gasteiger partial charge in [-0.3, -0.25) is 0 Å². The first kappa shape index (κ1) is 9.16. The molecule has 2 rings (SSSR count). The van der Waals surface area contributed by atoms with Crippen molar-refractivity contribution in [1.29, 1.82) is 5.26 Å². The highest BCUT2D eigenvalue weighted by atomic mass is 16.6. The lowest BCUT2D eigenvalue weighted by atomic mass is 10.1. The molecule has 1 aliphatic rings. The summed E-state index contributed by atoms with van der Waals surface area (Å²) in [6.07, 6.45) is 2.85. The number of hydrogen-bond donors (Lipinski definition) is 0. The van der Waals surface area contributed by atoms with Crippen molar-refractivity contribution in [2.45, 2.75) is 0 Å². The zero-order valence-corrected chi connectivity index (χ0v) is 7.56. The van der Waals surface area contributed by atoms with Crippen LogP contribution >= 0.6 is 0 Å². The first-order valence-electron chi connectivity index (χ1n) is 4.19. The molecule has 0 atom stereocenters. The summed E-state index contributed by atoms with van der Waals surface area (Å²) in [7, 11) is 0. The van der Waals surface area contributed by atoms with Gasteiger partial charge in [0.2, 0.25) is 0 Å². The van der Waals surface area contributed by atoms with Crippen LogP contribution in [0.3, 0.4) is 0 Å². The van der Waals surface area contributed by atoms with Crippen LogP contribution in [0.1, 0.15) is 26.3 Å². The van der Waals surface area contributed by atoms with Crippen LogP contribution in [0.4, 0.5) is 0 Å². The Bertz CT molecular complexity index is 523. The normalized spacial score (nSPS) is 13.8. The Morgan fingerprint density at radius 2 is 1.93 bits per heavy atom. The van der Waals surface area contributed by atoms with Crippen LogP contribution in [-0.2, 0) is 4.74 Å². The summed E-state index contributed by atoms with van der Waals surface area (Å²) in [5.74, 6) is -1.26. The fourth-order valence-electron chi connectivity index (χ4n) is 1.34. The van der Waals surface area contributed by atoms with E-state index in [4.69, 9.17) is 5.26 Å². The lowest BCUT2D eigenvalue weighted by Gasteiger charge is -1.94. The van der Waals surface area contributed by atoms with Gasteiger partial charge in [-0.15, -0.1) is 0 Å². The molecule has 0 saturated carbocycles. The van der Waals surface area contributed by atoms with Gasteiger partial charge in [0, 0.05) is 6.08 Å². The van der Waals surface area contributed by atoms with Gasteiger partial charge < -0.3 is 4.74 Å². The van der Waals surface area contributed by atoms with E-state index in [-0.39, 0.29) is 11.1 Å². The van der Waals surface area contributed by atoms with Crippen LogP contribution in [-0.4, -0.2) is 11.9 Å². The minimum Gasteiger partial charge on any atom is -0.386 e. The molecule has 72 valence electrons. The monoisotopic (exact) mass is 199 g/mol. The molecule has 1 aliphatic heterocycles. The fourth-order valence-corrected chi connectivity index (χ4v) is 1.34. The minimum absolute atomic E-state index is 0.250. The van der Waals surface area contributed by atoms with Crippen molar-refractivity contribution in [2.75, 3.05) is 0 Å². The first-order valence-corrected chi connectivity index (χ1v) is 4.19. The predicted octanol–water partition coefficient (Wildman–Crippen LogP) is 1.53. The molecule has 4 nitrogen and oxygen atoms in total. The summed E-state index contributed by atoms with van der Waals surface area (Å²) in [6.45, 7) is 0. The van der Waals surface area contributed by atoms with E-state index >= 15 is 0 Å². The second kappa shape index (κ2) is 3.39. The van der Waals surface area contributed by atoms with Crippen LogP contribution < -0.4 is 0 Å². The van der Waals surface area contributed by atoms with E-state index in [9.17, 15) is 9.59 Å². The molecule has 0 fully saturated rings. The molecule has 1 aromatic rings. The number of rotatable bonds is 1. The molecule has 0 bridgehead atoms. The molecule has 0 radical (unpaired) electrons. The fraction of sp³-hybridized carbons (Fsp3) is 0. The van der Waals surface area contributed by atoms with Crippen molar-refractivity contribution in [3.8, 4) is 6.07 Å². The van der Waals surface area contributed by atoms with E-state index in [1.54, 1.807) is 12.1 Å². The summed E-state index contributed by atoms with van der Waals surface area (Å²) >= 11 is 0. The number of benzene rings is 1. The summed E-state index contributed by atoms with van der Waals surface area (Å²) in [5.41, 5.74) is 1.20. The van der Waals surface area contributed by atoms with E-state index in [1.165, 1.54) is 18.2 Å². The summed E-state index contributed by atoms with van der Waals surface area (Å²) in [4.78, 5) is 22.3. The molecule has 0 amide bonds. The quantitative estimate of drug-likeness (QED) is 0.391. The molecule has 1 aromatic carbocycles. The second-order valence-corrected chi connectivity index (χ2v) is 2.94. The summed E-state index contributed by atoms with van der Waals surface area (Å²) in [5, 5.41) is 8.33. The smallest absolute Gasteiger partial charge is 0.346 e. The Morgan fingerprint density at radius 3 is 2.67 bits per heavy atom. The Labute approximate surface area is 85.4 Å². The number of esters is 2. The van der Waals surface area contributed by atoms with E-state index in [2.05, 4.69) is 4.74 Å². The summed E-state index contributed by atoms with van der Waals surface area (Å²) in [6, 6.07) is 6.52. The highest BCUT2D eigenvalue weighted by molar-refractivity contribution is 6.14. The van der Waals surface area contributed by atoms with Gasteiger partial charge in [0.05, 0.1) is 17.2 Å². The molecule has 0 aliphatic carbocycles. The zero-order chi connectivity index (χ0) is 10.8. The Morgan fingerprint density at radius 1 is 1.20 bits per heavy atom. The molecular weight excluding hydrogens is 194 g/mol. The lowest BCUT2D eigenvalue weighted by Crippen LogP contribution is -1.96. The van der Waals surface area contributed by atoms with E-state index in [0.717, 1.165) is 0 Å². The largest absolute Gasteiger partial charge is 0.386 e. The summed E-state index contributed by atoms with van der Waals surface area (Å²) < 4.78 is 4.42. The molecule has 1 heterocycles. The van der Waals surface area contributed by atoms with Gasteiger partial charge in [0.1, 0.15) is 0 Å². The predicted molar refractivity (Wildman–Crippen MR) is 50.8 cm³/mol. The molecule has 15 heavy (non-hydrogen) atoms. The second-order valence-electron chi connectivity index (χ2n) is 2.94. The van der Waals surface area contributed by atoms with Crippen LogP contribution in [0.25, 0.3) is 6.08 Å². The van der Waals surface area contributed by atoms with Crippen LogP contribution in [0.5, 0.6) is 0 Å². The molecule has 0 saturated heterocycles. The van der Waals surface area contributed by atoms with Gasteiger partial charge in [0.25, 0.3) is 0 Å². The van der Waals surface area contributed by atoms with Gasteiger partial charge >= 0.3 is 11.9 Å².